The van der Waals surface area contributed by atoms with Gasteiger partial charge in [0.15, 0.2) is 0 Å². The monoisotopic (exact) mass is 451 g/mol. The van der Waals surface area contributed by atoms with E-state index in [1.54, 1.807) is 17.0 Å². The number of nitrogens with zero attached hydrogens (tertiary/aromatic N) is 4. The van der Waals surface area contributed by atoms with Crippen molar-refractivity contribution < 1.29 is 4.79 Å². The van der Waals surface area contributed by atoms with Crippen LogP contribution in [0.25, 0.3) is 21.5 Å². The van der Waals surface area contributed by atoms with E-state index in [-0.39, 0.29) is 11.5 Å². The number of amides is 1. The van der Waals surface area contributed by atoms with Gasteiger partial charge in [-0.1, -0.05) is 6.42 Å². The highest BCUT2D eigenvalue weighted by atomic mass is 32.1. The number of nitrogens with one attached hydrogen (secondary N) is 1. The normalized spacial score (nSPS) is 13.7. The van der Waals surface area contributed by atoms with E-state index in [0.717, 1.165) is 47.8 Å². The van der Waals surface area contributed by atoms with E-state index in [2.05, 4.69) is 15.3 Å². The molecule has 4 aromatic heterocycles. The lowest BCUT2D eigenvalue weighted by molar-refractivity contribution is 0.0954. The number of thiazole rings is 1. The molecule has 9 heteroatoms. The number of hydrogen-bond acceptors (Lipinski definition) is 7. The van der Waals surface area contributed by atoms with Crippen molar-refractivity contribution in [1.29, 1.82) is 0 Å². The van der Waals surface area contributed by atoms with E-state index in [1.165, 1.54) is 22.7 Å². The van der Waals surface area contributed by atoms with Crippen molar-refractivity contribution in [1.82, 2.24) is 24.8 Å². The van der Waals surface area contributed by atoms with Crippen LogP contribution in [-0.2, 0) is 19.5 Å². The summed E-state index contributed by atoms with van der Waals surface area (Å²) >= 11 is 2.81. The second kappa shape index (κ2) is 8.32. The Morgan fingerprint density at radius 1 is 1.19 bits per heavy atom. The molecule has 0 bridgehead atoms. The molecule has 0 fully saturated rings. The van der Waals surface area contributed by atoms with Gasteiger partial charge in [0, 0.05) is 36.3 Å². The first-order valence-corrected chi connectivity index (χ1v) is 12.0. The number of rotatable bonds is 4. The molecule has 1 amide bonds. The van der Waals surface area contributed by atoms with Gasteiger partial charge in [0.25, 0.3) is 11.5 Å². The summed E-state index contributed by atoms with van der Waals surface area (Å²) in [5.41, 5.74) is 2.56. The Morgan fingerprint density at radius 2 is 2.03 bits per heavy atom. The second-order valence-electron chi connectivity index (χ2n) is 7.58. The third kappa shape index (κ3) is 3.79. The van der Waals surface area contributed by atoms with Crippen LogP contribution in [0.15, 0.2) is 34.7 Å². The van der Waals surface area contributed by atoms with E-state index >= 15 is 0 Å². The van der Waals surface area contributed by atoms with Crippen LogP contribution in [0, 0.1) is 6.92 Å². The fourth-order valence-corrected chi connectivity index (χ4v) is 5.76. The van der Waals surface area contributed by atoms with E-state index < -0.39 is 0 Å². The second-order valence-corrected chi connectivity index (χ2v) is 9.52. The smallest absolute Gasteiger partial charge is 0.262 e. The van der Waals surface area contributed by atoms with Gasteiger partial charge in [0.05, 0.1) is 22.5 Å². The average molecular weight is 452 g/mol. The van der Waals surface area contributed by atoms with Crippen LogP contribution in [0.4, 0.5) is 0 Å². The predicted octanol–water partition coefficient (Wildman–Crippen LogP) is 3.94. The maximum atomic E-state index is 13.1. The van der Waals surface area contributed by atoms with Gasteiger partial charge >= 0.3 is 0 Å². The van der Waals surface area contributed by atoms with Gasteiger partial charge in [0.2, 0.25) is 0 Å². The Labute approximate surface area is 186 Å². The molecule has 31 heavy (non-hydrogen) atoms. The number of fused-ring (bicyclic) bond motifs is 2. The fraction of sp³-hybridized carbons (Fsp3) is 0.318. The zero-order chi connectivity index (χ0) is 21.4. The zero-order valence-corrected chi connectivity index (χ0v) is 18.7. The number of hydrogen-bond donors (Lipinski definition) is 1. The maximum absolute atomic E-state index is 13.1. The quantitative estimate of drug-likeness (QED) is 0.508. The van der Waals surface area contributed by atoms with E-state index in [9.17, 15) is 9.59 Å². The van der Waals surface area contributed by atoms with Crippen LogP contribution in [0.5, 0.6) is 0 Å². The van der Waals surface area contributed by atoms with Crippen LogP contribution in [0.1, 0.15) is 45.3 Å². The topological polar surface area (TPSA) is 89.8 Å². The van der Waals surface area contributed by atoms with Gasteiger partial charge in [-0.05, 0) is 37.5 Å². The first-order chi connectivity index (χ1) is 15.1. The first kappa shape index (κ1) is 20.0. The van der Waals surface area contributed by atoms with Gasteiger partial charge < -0.3 is 5.32 Å². The summed E-state index contributed by atoms with van der Waals surface area (Å²) in [6.45, 7) is 2.88. The predicted molar refractivity (Wildman–Crippen MR) is 123 cm³/mol. The number of thiophene rings is 1. The highest BCUT2D eigenvalue weighted by Gasteiger charge is 2.22. The van der Waals surface area contributed by atoms with Crippen LogP contribution in [-0.4, -0.2) is 25.4 Å². The van der Waals surface area contributed by atoms with Crippen molar-refractivity contribution >= 4 is 38.8 Å². The molecule has 1 N–H and O–H groups in total. The van der Waals surface area contributed by atoms with Crippen molar-refractivity contribution in [3.05, 3.63) is 61.5 Å². The van der Waals surface area contributed by atoms with Gasteiger partial charge in [-0.2, -0.15) is 0 Å². The maximum Gasteiger partial charge on any atom is 0.262 e. The summed E-state index contributed by atoms with van der Waals surface area (Å²) in [6, 6.07) is 3.82. The summed E-state index contributed by atoms with van der Waals surface area (Å²) in [7, 11) is 0. The molecule has 4 aromatic rings. The largest absolute Gasteiger partial charge is 0.345 e. The Bertz CT molecular complexity index is 1320. The molecule has 1 aliphatic rings. The molecule has 0 unspecified atom stereocenters. The van der Waals surface area contributed by atoms with Gasteiger partial charge in [-0.3, -0.25) is 19.1 Å². The molecule has 7 nitrogen and oxygen atoms in total. The van der Waals surface area contributed by atoms with Crippen molar-refractivity contribution in [3.63, 3.8) is 0 Å². The Morgan fingerprint density at radius 3 is 2.87 bits per heavy atom. The molecule has 0 radical (unpaired) electrons. The summed E-state index contributed by atoms with van der Waals surface area (Å²) in [6.07, 6.45) is 7.43. The van der Waals surface area contributed by atoms with Gasteiger partial charge in [-0.25, -0.2) is 9.97 Å². The van der Waals surface area contributed by atoms with Crippen molar-refractivity contribution in [3.8, 4) is 11.3 Å². The summed E-state index contributed by atoms with van der Waals surface area (Å²) in [4.78, 5) is 40.6. The highest BCUT2D eigenvalue weighted by molar-refractivity contribution is 7.20. The third-order valence-corrected chi connectivity index (χ3v) is 7.58. The molecule has 0 aromatic carbocycles. The molecule has 0 atom stereocenters. The molecular formula is C22H21N5O2S2. The van der Waals surface area contributed by atoms with E-state index in [1.807, 2.05) is 24.4 Å². The van der Waals surface area contributed by atoms with Crippen molar-refractivity contribution in [2.75, 3.05) is 0 Å². The summed E-state index contributed by atoms with van der Waals surface area (Å²) < 4.78 is 1.80. The SMILES string of the molecule is Cc1c(C(=O)NCc2nc(-c3ccncc3)cs2)sc2nc3n(c(=O)c12)CCCCC3. The standard InChI is InChI=1S/C22H21N5O2S2/c1-13-18-21(26-16-5-3-2-4-10-27(16)22(18)29)31-19(13)20(28)24-11-17-25-15(12-30-17)14-6-8-23-9-7-14/h6-9,12H,2-5,10-11H2,1H3,(H,24,28). The van der Waals surface area contributed by atoms with E-state index in [4.69, 9.17) is 4.98 Å². The number of carbonyl (C=O) groups excluding carboxylic acids is 1. The average Bonchev–Trinajstić information content (AvgIpc) is 3.30. The Hall–Kier alpha value is -2.91. The first-order valence-electron chi connectivity index (χ1n) is 10.3. The lowest BCUT2D eigenvalue weighted by Gasteiger charge is -2.08. The Balaban J connectivity index is 1.38. The molecule has 0 saturated carbocycles. The molecule has 1 aliphatic heterocycles. The molecule has 0 spiro atoms. The minimum atomic E-state index is -0.194. The molecular weight excluding hydrogens is 430 g/mol. The van der Waals surface area contributed by atoms with Crippen LogP contribution in [0.3, 0.4) is 0 Å². The molecule has 158 valence electrons. The van der Waals surface area contributed by atoms with Crippen LogP contribution < -0.4 is 10.9 Å². The number of carbonyl (C=O) groups is 1. The minimum Gasteiger partial charge on any atom is -0.345 e. The molecule has 0 saturated heterocycles. The molecule has 5 heterocycles. The molecule has 5 rings (SSSR count). The highest BCUT2D eigenvalue weighted by Crippen LogP contribution is 2.28. The summed E-state index contributed by atoms with van der Waals surface area (Å²) in [5, 5.41) is 6.32. The Kier molecular flexibility index (Phi) is 5.37. The fourth-order valence-electron chi connectivity index (χ4n) is 3.91. The molecule has 0 aliphatic carbocycles. The van der Waals surface area contributed by atoms with Crippen LogP contribution >= 0.6 is 22.7 Å². The van der Waals surface area contributed by atoms with Crippen LogP contribution in [0.2, 0.25) is 0 Å². The van der Waals surface area contributed by atoms with Crippen molar-refractivity contribution in [2.45, 2.75) is 45.7 Å². The van der Waals surface area contributed by atoms with E-state index in [0.29, 0.717) is 33.7 Å². The number of aromatic nitrogens is 4. The lowest BCUT2D eigenvalue weighted by Crippen LogP contribution is -2.25. The minimum absolute atomic E-state index is 0.0170. The van der Waals surface area contributed by atoms with Gasteiger partial charge in [0.1, 0.15) is 15.7 Å². The van der Waals surface area contributed by atoms with Gasteiger partial charge in [-0.15, -0.1) is 22.7 Å². The number of aryl methyl sites for hydroxylation is 2. The third-order valence-electron chi connectivity index (χ3n) is 5.55. The number of pyridine rings is 1. The lowest BCUT2D eigenvalue weighted by atomic mass is 10.2. The summed E-state index contributed by atoms with van der Waals surface area (Å²) in [5.74, 6) is 0.649. The van der Waals surface area contributed by atoms with Crippen molar-refractivity contribution in [2.24, 2.45) is 0 Å². The zero-order valence-electron chi connectivity index (χ0n) is 17.1.